The summed E-state index contributed by atoms with van der Waals surface area (Å²) in [6.07, 6.45) is 0. The van der Waals surface area contributed by atoms with Gasteiger partial charge in [-0.25, -0.2) is 0 Å². The molecule has 1 aliphatic rings. The van der Waals surface area contributed by atoms with Crippen LogP contribution in [0.15, 0.2) is 42.5 Å². The van der Waals surface area contributed by atoms with Gasteiger partial charge >= 0.3 is 0 Å². The van der Waals surface area contributed by atoms with Crippen LogP contribution in [-0.2, 0) is 19.6 Å². The van der Waals surface area contributed by atoms with Crippen molar-refractivity contribution in [3.05, 3.63) is 70.3 Å². The Balaban J connectivity index is 0.00000192. The van der Waals surface area contributed by atoms with E-state index in [2.05, 4.69) is 30.4 Å². The Morgan fingerprint density at radius 3 is 2.61 bits per heavy atom. The summed E-state index contributed by atoms with van der Waals surface area (Å²) in [5.74, 6) is 0.112. The van der Waals surface area contributed by atoms with Crippen molar-refractivity contribution in [1.29, 1.82) is 0 Å². The number of amides is 1. The first-order chi connectivity index (χ1) is 10.7. The number of hydrogen-bond donors (Lipinski definition) is 1. The fourth-order valence-electron chi connectivity index (χ4n) is 2.93. The molecular formula is C19H23ClN2O. The maximum absolute atomic E-state index is 12.8. The van der Waals surface area contributed by atoms with Gasteiger partial charge in [-0.05, 0) is 48.2 Å². The second kappa shape index (κ2) is 7.62. The van der Waals surface area contributed by atoms with E-state index in [0.29, 0.717) is 13.1 Å². The first-order valence-corrected chi connectivity index (χ1v) is 7.85. The summed E-state index contributed by atoms with van der Waals surface area (Å²) in [6.45, 7) is 7.27. The minimum absolute atomic E-state index is 0. The molecule has 1 heterocycles. The van der Waals surface area contributed by atoms with Crippen LogP contribution >= 0.6 is 12.4 Å². The third kappa shape index (κ3) is 3.74. The van der Waals surface area contributed by atoms with E-state index in [9.17, 15) is 4.79 Å². The summed E-state index contributed by atoms with van der Waals surface area (Å²) in [4.78, 5) is 14.7. The van der Waals surface area contributed by atoms with E-state index in [4.69, 9.17) is 0 Å². The molecule has 0 aliphatic carbocycles. The van der Waals surface area contributed by atoms with Crippen LogP contribution in [0.2, 0.25) is 0 Å². The predicted octanol–water partition coefficient (Wildman–Crippen LogP) is 3.68. The largest absolute Gasteiger partial charge is 0.335 e. The monoisotopic (exact) mass is 330 g/mol. The maximum atomic E-state index is 12.8. The van der Waals surface area contributed by atoms with Crippen LogP contribution in [0, 0.1) is 6.92 Å². The summed E-state index contributed by atoms with van der Waals surface area (Å²) < 4.78 is 0. The van der Waals surface area contributed by atoms with E-state index < -0.39 is 0 Å². The Bertz CT molecular complexity index is 700. The zero-order valence-corrected chi connectivity index (χ0v) is 14.5. The van der Waals surface area contributed by atoms with Crippen LogP contribution in [-0.4, -0.2) is 17.4 Å². The molecule has 4 heteroatoms. The van der Waals surface area contributed by atoms with E-state index in [1.54, 1.807) is 0 Å². The predicted molar refractivity (Wildman–Crippen MR) is 95.8 cm³/mol. The molecule has 0 atom stereocenters. The van der Waals surface area contributed by atoms with Crippen molar-refractivity contribution in [3.8, 4) is 0 Å². The number of carbonyl (C=O) groups excluding carboxylic acids is 1. The van der Waals surface area contributed by atoms with Gasteiger partial charge in [0.1, 0.15) is 0 Å². The quantitative estimate of drug-likeness (QED) is 0.927. The molecule has 2 aromatic carbocycles. The standard InChI is InChI=1S/C19H22N2O.ClH/c1-3-21(13-17-7-5-4-6-14(17)2)19(22)15-8-9-16-11-20-12-18(16)10-15;/h4-10,20H,3,11-13H2,1-2H3;1H. The van der Waals surface area contributed by atoms with Gasteiger partial charge in [-0.15, -0.1) is 12.4 Å². The highest BCUT2D eigenvalue weighted by atomic mass is 35.5. The lowest BCUT2D eigenvalue weighted by Gasteiger charge is -2.22. The van der Waals surface area contributed by atoms with Gasteiger partial charge in [-0.1, -0.05) is 30.3 Å². The number of halogens is 1. The minimum atomic E-state index is 0. The molecule has 0 saturated heterocycles. The minimum Gasteiger partial charge on any atom is -0.335 e. The molecule has 0 bridgehead atoms. The summed E-state index contributed by atoms with van der Waals surface area (Å²) >= 11 is 0. The Morgan fingerprint density at radius 2 is 1.87 bits per heavy atom. The molecule has 3 nitrogen and oxygen atoms in total. The number of nitrogens with one attached hydrogen (secondary N) is 1. The first kappa shape index (κ1) is 17.5. The van der Waals surface area contributed by atoms with E-state index in [0.717, 1.165) is 18.7 Å². The van der Waals surface area contributed by atoms with Crippen molar-refractivity contribution < 1.29 is 4.79 Å². The van der Waals surface area contributed by atoms with Gasteiger partial charge < -0.3 is 10.2 Å². The molecule has 3 rings (SSSR count). The maximum Gasteiger partial charge on any atom is 0.254 e. The third-order valence-electron chi connectivity index (χ3n) is 4.38. The molecule has 0 radical (unpaired) electrons. The molecule has 1 amide bonds. The third-order valence-corrected chi connectivity index (χ3v) is 4.38. The molecule has 0 fully saturated rings. The highest BCUT2D eigenvalue weighted by Crippen LogP contribution is 2.19. The number of nitrogens with zero attached hydrogens (tertiary/aromatic N) is 1. The molecule has 0 spiro atoms. The topological polar surface area (TPSA) is 32.3 Å². The van der Waals surface area contributed by atoms with E-state index in [1.165, 1.54) is 22.3 Å². The molecule has 1 aliphatic heterocycles. The molecule has 122 valence electrons. The van der Waals surface area contributed by atoms with Crippen molar-refractivity contribution in [2.45, 2.75) is 33.5 Å². The zero-order valence-electron chi connectivity index (χ0n) is 13.6. The van der Waals surface area contributed by atoms with Crippen LogP contribution in [0.1, 0.15) is 39.5 Å². The Hall–Kier alpha value is -1.84. The average molecular weight is 331 g/mol. The Kier molecular flexibility index (Phi) is 5.80. The lowest BCUT2D eigenvalue weighted by atomic mass is 10.0. The molecule has 0 aromatic heterocycles. The zero-order chi connectivity index (χ0) is 15.5. The van der Waals surface area contributed by atoms with Gasteiger partial charge in [-0.2, -0.15) is 0 Å². The van der Waals surface area contributed by atoms with E-state index in [-0.39, 0.29) is 18.3 Å². The van der Waals surface area contributed by atoms with Crippen LogP contribution < -0.4 is 5.32 Å². The van der Waals surface area contributed by atoms with Gasteiger partial charge in [0.25, 0.3) is 5.91 Å². The second-order valence-electron chi connectivity index (χ2n) is 5.83. The molecule has 0 unspecified atom stereocenters. The van der Waals surface area contributed by atoms with Crippen LogP contribution in [0.3, 0.4) is 0 Å². The van der Waals surface area contributed by atoms with Crippen molar-refractivity contribution in [3.63, 3.8) is 0 Å². The lowest BCUT2D eigenvalue weighted by molar-refractivity contribution is 0.0752. The van der Waals surface area contributed by atoms with Gasteiger partial charge in [-0.3, -0.25) is 4.79 Å². The highest BCUT2D eigenvalue weighted by Gasteiger charge is 2.18. The van der Waals surface area contributed by atoms with Crippen molar-refractivity contribution in [1.82, 2.24) is 10.2 Å². The molecule has 0 saturated carbocycles. The van der Waals surface area contributed by atoms with Gasteiger partial charge in [0.15, 0.2) is 0 Å². The number of carbonyl (C=O) groups is 1. The smallest absolute Gasteiger partial charge is 0.254 e. The second-order valence-corrected chi connectivity index (χ2v) is 5.83. The Morgan fingerprint density at radius 1 is 1.13 bits per heavy atom. The van der Waals surface area contributed by atoms with Gasteiger partial charge in [0.05, 0.1) is 0 Å². The molecule has 23 heavy (non-hydrogen) atoms. The Labute approximate surface area is 144 Å². The van der Waals surface area contributed by atoms with Crippen LogP contribution in [0.25, 0.3) is 0 Å². The van der Waals surface area contributed by atoms with Gasteiger partial charge in [0.2, 0.25) is 0 Å². The number of fused-ring (bicyclic) bond motifs is 1. The number of hydrogen-bond acceptors (Lipinski definition) is 2. The van der Waals surface area contributed by atoms with Crippen molar-refractivity contribution >= 4 is 18.3 Å². The molecule has 2 aromatic rings. The summed E-state index contributed by atoms with van der Waals surface area (Å²) in [7, 11) is 0. The van der Waals surface area contributed by atoms with E-state index >= 15 is 0 Å². The fraction of sp³-hybridized carbons (Fsp3) is 0.316. The number of aryl methyl sites for hydroxylation is 1. The van der Waals surface area contributed by atoms with E-state index in [1.807, 2.05) is 36.1 Å². The van der Waals surface area contributed by atoms with Crippen LogP contribution in [0.4, 0.5) is 0 Å². The normalized spacial score (nSPS) is 12.4. The SMILES string of the molecule is CCN(Cc1ccccc1C)C(=O)c1ccc2c(c1)CNC2.Cl. The summed E-state index contributed by atoms with van der Waals surface area (Å²) in [6, 6.07) is 14.3. The van der Waals surface area contributed by atoms with Gasteiger partial charge in [0, 0.05) is 31.7 Å². The summed E-state index contributed by atoms with van der Waals surface area (Å²) in [5.41, 5.74) is 5.78. The lowest BCUT2D eigenvalue weighted by Crippen LogP contribution is -2.30. The number of rotatable bonds is 4. The first-order valence-electron chi connectivity index (χ1n) is 7.85. The molecule has 1 N–H and O–H groups in total. The number of benzene rings is 2. The van der Waals surface area contributed by atoms with Crippen molar-refractivity contribution in [2.75, 3.05) is 6.54 Å². The fourth-order valence-corrected chi connectivity index (χ4v) is 2.93. The van der Waals surface area contributed by atoms with Crippen molar-refractivity contribution in [2.24, 2.45) is 0 Å². The highest BCUT2D eigenvalue weighted by molar-refractivity contribution is 5.94. The van der Waals surface area contributed by atoms with Crippen LogP contribution in [0.5, 0.6) is 0 Å². The average Bonchev–Trinajstić information content (AvgIpc) is 3.01. The summed E-state index contributed by atoms with van der Waals surface area (Å²) in [5, 5.41) is 3.32. The molecular weight excluding hydrogens is 308 g/mol.